The quantitative estimate of drug-likeness (QED) is 0.392. The number of carbonyl (C=O) groups excluding carboxylic acids is 1. The summed E-state index contributed by atoms with van der Waals surface area (Å²) in [7, 11) is 0. The van der Waals surface area contributed by atoms with E-state index in [0.29, 0.717) is 13.2 Å². The van der Waals surface area contributed by atoms with Gasteiger partial charge in [-0.05, 0) is 45.4 Å². The summed E-state index contributed by atoms with van der Waals surface area (Å²) in [6.45, 7) is 8.57. The monoisotopic (exact) mass is 311 g/mol. The minimum atomic E-state index is -0.273. The molecule has 126 valence electrons. The van der Waals surface area contributed by atoms with Crippen LogP contribution in [0.25, 0.3) is 0 Å². The van der Waals surface area contributed by atoms with Gasteiger partial charge in [-0.1, -0.05) is 6.08 Å². The second-order valence-electron chi connectivity index (χ2n) is 6.03. The van der Waals surface area contributed by atoms with Crippen molar-refractivity contribution in [2.24, 2.45) is 5.92 Å². The van der Waals surface area contributed by atoms with Gasteiger partial charge in [0.1, 0.15) is 0 Å². The number of carbonyl (C=O) groups is 1. The van der Waals surface area contributed by atoms with Gasteiger partial charge in [0.05, 0.1) is 25.2 Å². The molecular weight excluding hydrogens is 282 g/mol. The Balaban J connectivity index is 1.78. The maximum Gasteiger partial charge on any atom is 0.308 e. The summed E-state index contributed by atoms with van der Waals surface area (Å²) < 4.78 is 17.1. The third-order valence-electron chi connectivity index (χ3n) is 4.40. The van der Waals surface area contributed by atoms with Gasteiger partial charge >= 0.3 is 5.97 Å². The van der Waals surface area contributed by atoms with Crippen molar-refractivity contribution in [2.75, 3.05) is 26.3 Å². The Kier molecular flexibility index (Phi) is 7.36. The van der Waals surface area contributed by atoms with Crippen molar-refractivity contribution >= 4 is 5.97 Å². The van der Waals surface area contributed by atoms with Gasteiger partial charge in [0.25, 0.3) is 0 Å². The SMILES string of the molecule is C=CCOC(OC1CCC(C(=O)OCC)CC1)N1CCCC1. The molecule has 1 aliphatic heterocycles. The van der Waals surface area contributed by atoms with E-state index in [4.69, 9.17) is 14.2 Å². The van der Waals surface area contributed by atoms with Crippen LogP contribution in [0.3, 0.4) is 0 Å². The van der Waals surface area contributed by atoms with Crippen molar-refractivity contribution in [1.29, 1.82) is 0 Å². The Morgan fingerprint density at radius 1 is 1.27 bits per heavy atom. The van der Waals surface area contributed by atoms with Gasteiger partial charge in [-0.3, -0.25) is 9.69 Å². The number of esters is 1. The summed E-state index contributed by atoms with van der Waals surface area (Å²) in [5.41, 5.74) is 0. The van der Waals surface area contributed by atoms with E-state index in [1.807, 2.05) is 6.92 Å². The first kappa shape index (κ1) is 17.4. The predicted octanol–water partition coefficient (Wildman–Crippen LogP) is 2.71. The molecule has 0 aromatic heterocycles. The van der Waals surface area contributed by atoms with Gasteiger partial charge in [-0.2, -0.15) is 0 Å². The van der Waals surface area contributed by atoms with E-state index in [0.717, 1.165) is 38.8 Å². The Labute approximate surface area is 133 Å². The second-order valence-corrected chi connectivity index (χ2v) is 6.03. The van der Waals surface area contributed by atoms with Crippen molar-refractivity contribution < 1.29 is 19.0 Å². The summed E-state index contributed by atoms with van der Waals surface area (Å²) in [4.78, 5) is 14.0. The van der Waals surface area contributed by atoms with Crippen LogP contribution >= 0.6 is 0 Å². The number of nitrogens with zero attached hydrogens (tertiary/aromatic N) is 1. The zero-order valence-electron chi connectivity index (χ0n) is 13.7. The zero-order valence-corrected chi connectivity index (χ0v) is 13.7. The van der Waals surface area contributed by atoms with E-state index >= 15 is 0 Å². The third kappa shape index (κ3) is 5.07. The van der Waals surface area contributed by atoms with Gasteiger partial charge in [0.2, 0.25) is 6.41 Å². The molecule has 1 unspecified atom stereocenters. The van der Waals surface area contributed by atoms with Crippen molar-refractivity contribution in [3.8, 4) is 0 Å². The minimum absolute atomic E-state index is 0.0409. The van der Waals surface area contributed by atoms with Crippen LogP contribution in [0.1, 0.15) is 45.4 Å². The molecule has 0 N–H and O–H groups in total. The van der Waals surface area contributed by atoms with Gasteiger partial charge in [-0.25, -0.2) is 0 Å². The molecule has 1 aliphatic carbocycles. The van der Waals surface area contributed by atoms with Crippen molar-refractivity contribution in [3.05, 3.63) is 12.7 Å². The lowest BCUT2D eigenvalue weighted by Gasteiger charge is -2.33. The number of hydrogen-bond acceptors (Lipinski definition) is 5. The first-order chi connectivity index (χ1) is 10.7. The molecule has 1 saturated heterocycles. The molecule has 5 nitrogen and oxygen atoms in total. The fourth-order valence-corrected chi connectivity index (χ4v) is 3.19. The number of likely N-dealkylation sites (tertiary alicyclic amines) is 1. The van der Waals surface area contributed by atoms with Crippen LogP contribution in [0.5, 0.6) is 0 Å². The number of rotatable bonds is 8. The van der Waals surface area contributed by atoms with Gasteiger partial charge in [0, 0.05) is 13.1 Å². The average Bonchev–Trinajstić information content (AvgIpc) is 3.06. The second kappa shape index (κ2) is 9.28. The standard InChI is InChI=1S/C17H29NO4/c1-3-13-21-17(18-11-5-6-12-18)22-15-9-7-14(8-10-15)16(19)20-4-2/h3,14-15,17H,1,4-13H2,2H3. The summed E-state index contributed by atoms with van der Waals surface area (Å²) in [5, 5.41) is 0. The van der Waals surface area contributed by atoms with E-state index in [1.54, 1.807) is 6.08 Å². The van der Waals surface area contributed by atoms with Crippen LogP contribution in [-0.4, -0.2) is 49.7 Å². The van der Waals surface area contributed by atoms with E-state index < -0.39 is 0 Å². The molecule has 0 bridgehead atoms. The summed E-state index contributed by atoms with van der Waals surface area (Å²) >= 11 is 0. The molecule has 1 saturated carbocycles. The molecule has 5 heteroatoms. The largest absolute Gasteiger partial charge is 0.466 e. The summed E-state index contributed by atoms with van der Waals surface area (Å²) in [5.74, 6) is -0.0147. The van der Waals surface area contributed by atoms with Crippen molar-refractivity contribution in [3.63, 3.8) is 0 Å². The van der Waals surface area contributed by atoms with Crippen LogP contribution < -0.4 is 0 Å². The Bertz CT molecular complexity index is 347. The maximum absolute atomic E-state index is 11.8. The van der Waals surface area contributed by atoms with Crippen LogP contribution in [0.15, 0.2) is 12.7 Å². The minimum Gasteiger partial charge on any atom is -0.466 e. The number of hydrogen-bond donors (Lipinski definition) is 0. The highest BCUT2D eigenvalue weighted by Gasteiger charge is 2.31. The van der Waals surface area contributed by atoms with E-state index in [9.17, 15) is 4.79 Å². The third-order valence-corrected chi connectivity index (χ3v) is 4.40. The molecule has 0 aromatic rings. The molecule has 2 fully saturated rings. The van der Waals surface area contributed by atoms with E-state index in [-0.39, 0.29) is 24.4 Å². The molecule has 0 aromatic carbocycles. The maximum atomic E-state index is 11.8. The Morgan fingerprint density at radius 3 is 2.55 bits per heavy atom. The van der Waals surface area contributed by atoms with Crippen LogP contribution in [0.4, 0.5) is 0 Å². The van der Waals surface area contributed by atoms with Gasteiger partial charge in [-0.15, -0.1) is 6.58 Å². The lowest BCUT2D eigenvalue weighted by Crippen LogP contribution is -2.41. The van der Waals surface area contributed by atoms with Gasteiger partial charge in [0.15, 0.2) is 0 Å². The molecule has 1 heterocycles. The molecule has 0 radical (unpaired) electrons. The normalized spacial score (nSPS) is 27.5. The van der Waals surface area contributed by atoms with E-state index in [1.165, 1.54) is 12.8 Å². The number of ether oxygens (including phenoxy) is 3. The van der Waals surface area contributed by atoms with Crippen molar-refractivity contribution in [2.45, 2.75) is 58.0 Å². The molecule has 1 atom stereocenters. The highest BCUT2D eigenvalue weighted by molar-refractivity contribution is 5.72. The molecule has 2 rings (SSSR count). The fourth-order valence-electron chi connectivity index (χ4n) is 3.19. The Morgan fingerprint density at radius 2 is 1.95 bits per heavy atom. The highest BCUT2D eigenvalue weighted by Crippen LogP contribution is 2.29. The average molecular weight is 311 g/mol. The molecule has 2 aliphatic rings. The van der Waals surface area contributed by atoms with Crippen LogP contribution in [0.2, 0.25) is 0 Å². The lowest BCUT2D eigenvalue weighted by atomic mass is 9.87. The molecule has 0 amide bonds. The summed E-state index contributed by atoms with van der Waals surface area (Å²) in [6, 6.07) is 0. The van der Waals surface area contributed by atoms with Crippen LogP contribution in [0, 0.1) is 5.92 Å². The molecular formula is C17H29NO4. The summed E-state index contributed by atoms with van der Waals surface area (Å²) in [6.07, 6.45) is 7.53. The topological polar surface area (TPSA) is 48.0 Å². The molecule has 0 spiro atoms. The Hall–Kier alpha value is -0.910. The zero-order chi connectivity index (χ0) is 15.8. The van der Waals surface area contributed by atoms with Gasteiger partial charge < -0.3 is 14.2 Å². The first-order valence-corrected chi connectivity index (χ1v) is 8.53. The highest BCUT2D eigenvalue weighted by atomic mass is 16.7. The van der Waals surface area contributed by atoms with E-state index in [2.05, 4.69) is 11.5 Å². The first-order valence-electron chi connectivity index (χ1n) is 8.53. The smallest absolute Gasteiger partial charge is 0.308 e. The van der Waals surface area contributed by atoms with Crippen LogP contribution in [-0.2, 0) is 19.0 Å². The fraction of sp³-hybridized carbons (Fsp3) is 0.824. The van der Waals surface area contributed by atoms with Crippen molar-refractivity contribution in [1.82, 2.24) is 4.90 Å². The molecule has 22 heavy (non-hydrogen) atoms. The predicted molar refractivity (Wildman–Crippen MR) is 84.2 cm³/mol. The lowest BCUT2D eigenvalue weighted by molar-refractivity contribution is -0.240.